The highest BCUT2D eigenvalue weighted by molar-refractivity contribution is 14.1. The van der Waals surface area contributed by atoms with Gasteiger partial charge in [-0.2, -0.15) is 18.3 Å². The first-order chi connectivity index (χ1) is 7.35. The first-order valence-corrected chi connectivity index (χ1v) is 5.38. The van der Waals surface area contributed by atoms with Crippen molar-refractivity contribution in [1.82, 2.24) is 9.78 Å². The third kappa shape index (κ3) is 3.35. The second-order valence-electron chi connectivity index (χ2n) is 2.84. The van der Waals surface area contributed by atoms with Crippen LogP contribution >= 0.6 is 22.6 Å². The highest BCUT2D eigenvalue weighted by Crippen LogP contribution is 2.20. The lowest BCUT2D eigenvalue weighted by atomic mass is 10.4. The summed E-state index contributed by atoms with van der Waals surface area (Å²) in [6.45, 7) is 0.564. The maximum atomic E-state index is 12.1. The summed E-state index contributed by atoms with van der Waals surface area (Å²) < 4.78 is 41.8. The molecule has 0 bridgehead atoms. The van der Waals surface area contributed by atoms with Gasteiger partial charge in [0.2, 0.25) is 0 Å². The van der Waals surface area contributed by atoms with Crippen molar-refractivity contribution in [3.05, 3.63) is 15.5 Å². The average Bonchev–Trinajstić information content (AvgIpc) is 2.46. The monoisotopic (exact) mass is 348 g/mol. The fourth-order valence-corrected chi connectivity index (χ4v) is 1.65. The fraction of sp³-hybridized carbons (Fsp3) is 0.500. The molecule has 0 N–H and O–H groups in total. The number of carbonyl (C=O) groups is 1. The Morgan fingerprint density at radius 1 is 1.62 bits per heavy atom. The first-order valence-electron chi connectivity index (χ1n) is 4.30. The van der Waals surface area contributed by atoms with Crippen molar-refractivity contribution in [2.24, 2.45) is 0 Å². The van der Waals surface area contributed by atoms with Crippen molar-refractivity contribution < 1.29 is 22.7 Å². The molecule has 0 spiro atoms. The molecular formula is C8H8F3IN2O2. The minimum Gasteiger partial charge on any atom is -0.462 e. The summed E-state index contributed by atoms with van der Waals surface area (Å²) in [4.78, 5) is 11.3. The summed E-state index contributed by atoms with van der Waals surface area (Å²) in [6, 6.07) is 0. The lowest BCUT2D eigenvalue weighted by Gasteiger charge is -2.07. The van der Waals surface area contributed by atoms with Gasteiger partial charge in [-0.3, -0.25) is 0 Å². The Bertz CT molecular complexity index is 389. The standard InChI is InChI=1S/C8H8F3IN2O2/c1-2-16-7(15)5-3-13-14(6(5)12)4-8(9,10)11/h3H,2,4H2,1H3. The van der Waals surface area contributed by atoms with Gasteiger partial charge in [0.05, 0.1) is 12.8 Å². The SMILES string of the molecule is CCOC(=O)c1cnn(CC(F)(F)F)c1I. The van der Waals surface area contributed by atoms with Gasteiger partial charge in [-0.25, -0.2) is 9.48 Å². The number of alkyl halides is 3. The Kier molecular flexibility index (Phi) is 4.16. The van der Waals surface area contributed by atoms with Gasteiger partial charge in [0, 0.05) is 0 Å². The van der Waals surface area contributed by atoms with Crippen LogP contribution in [0.15, 0.2) is 6.20 Å². The van der Waals surface area contributed by atoms with Crippen LogP contribution in [0.4, 0.5) is 13.2 Å². The van der Waals surface area contributed by atoms with E-state index in [4.69, 9.17) is 0 Å². The third-order valence-electron chi connectivity index (χ3n) is 1.60. The van der Waals surface area contributed by atoms with Gasteiger partial charge in [-0.15, -0.1) is 0 Å². The maximum Gasteiger partial charge on any atom is 0.408 e. The third-order valence-corrected chi connectivity index (χ3v) is 2.74. The van der Waals surface area contributed by atoms with Crippen LogP contribution in [0.1, 0.15) is 17.3 Å². The molecule has 1 aromatic rings. The summed E-state index contributed by atoms with van der Waals surface area (Å²) in [7, 11) is 0. The minimum atomic E-state index is -4.36. The van der Waals surface area contributed by atoms with Crippen LogP contribution in [0.25, 0.3) is 0 Å². The molecule has 0 saturated heterocycles. The predicted octanol–water partition coefficient (Wildman–Crippen LogP) is 2.23. The molecule has 1 aromatic heterocycles. The van der Waals surface area contributed by atoms with E-state index in [1.54, 1.807) is 29.5 Å². The molecule has 8 heteroatoms. The predicted molar refractivity (Wildman–Crippen MR) is 57.0 cm³/mol. The Hall–Kier alpha value is -0.800. The molecule has 16 heavy (non-hydrogen) atoms. The zero-order valence-corrected chi connectivity index (χ0v) is 10.4. The number of carbonyl (C=O) groups excluding carboxylic acids is 1. The summed E-state index contributed by atoms with van der Waals surface area (Å²) in [5.74, 6) is -0.666. The molecule has 0 unspecified atom stereocenters. The molecule has 0 atom stereocenters. The highest BCUT2D eigenvalue weighted by Gasteiger charge is 2.30. The van der Waals surface area contributed by atoms with E-state index in [-0.39, 0.29) is 15.9 Å². The van der Waals surface area contributed by atoms with Crippen molar-refractivity contribution >= 4 is 28.6 Å². The zero-order chi connectivity index (χ0) is 12.3. The van der Waals surface area contributed by atoms with E-state index in [0.29, 0.717) is 4.68 Å². The van der Waals surface area contributed by atoms with Gasteiger partial charge in [0.25, 0.3) is 0 Å². The highest BCUT2D eigenvalue weighted by atomic mass is 127. The number of esters is 1. The molecule has 0 aliphatic rings. The van der Waals surface area contributed by atoms with Gasteiger partial charge in [-0.1, -0.05) is 0 Å². The molecule has 90 valence electrons. The van der Waals surface area contributed by atoms with E-state index < -0.39 is 18.7 Å². The van der Waals surface area contributed by atoms with Gasteiger partial charge in [0.15, 0.2) is 0 Å². The quantitative estimate of drug-likeness (QED) is 0.622. The number of aromatic nitrogens is 2. The van der Waals surface area contributed by atoms with Gasteiger partial charge in [0.1, 0.15) is 15.8 Å². The van der Waals surface area contributed by atoms with E-state index in [9.17, 15) is 18.0 Å². The first kappa shape index (κ1) is 13.3. The van der Waals surface area contributed by atoms with E-state index in [1.807, 2.05) is 0 Å². The van der Waals surface area contributed by atoms with Crippen molar-refractivity contribution in [3.8, 4) is 0 Å². The molecule has 1 heterocycles. The van der Waals surface area contributed by atoms with Crippen molar-refractivity contribution in [3.63, 3.8) is 0 Å². The van der Waals surface area contributed by atoms with Crippen LogP contribution in [-0.4, -0.2) is 28.5 Å². The van der Waals surface area contributed by atoms with Crippen LogP contribution in [0.5, 0.6) is 0 Å². The van der Waals surface area contributed by atoms with E-state index >= 15 is 0 Å². The summed E-state index contributed by atoms with van der Waals surface area (Å²) >= 11 is 1.63. The number of halogens is 4. The van der Waals surface area contributed by atoms with Crippen LogP contribution < -0.4 is 0 Å². The second-order valence-corrected chi connectivity index (χ2v) is 3.86. The summed E-state index contributed by atoms with van der Waals surface area (Å²) in [6.07, 6.45) is -3.29. The molecule has 0 aliphatic heterocycles. The normalized spacial score (nSPS) is 11.6. The largest absolute Gasteiger partial charge is 0.462 e. The van der Waals surface area contributed by atoms with E-state index in [1.165, 1.54) is 0 Å². The lowest BCUT2D eigenvalue weighted by molar-refractivity contribution is -0.143. The Labute approximate surface area is 103 Å². The Morgan fingerprint density at radius 2 is 2.25 bits per heavy atom. The summed E-state index contributed by atoms with van der Waals surface area (Å²) in [5.41, 5.74) is 0.0479. The smallest absolute Gasteiger partial charge is 0.408 e. The molecule has 0 aromatic carbocycles. The molecule has 0 amide bonds. The topological polar surface area (TPSA) is 44.1 Å². The molecule has 4 nitrogen and oxygen atoms in total. The van der Waals surface area contributed by atoms with E-state index in [2.05, 4.69) is 9.84 Å². The van der Waals surface area contributed by atoms with Crippen LogP contribution in [0, 0.1) is 3.70 Å². The molecule has 0 fully saturated rings. The lowest BCUT2D eigenvalue weighted by Crippen LogP contribution is -2.20. The minimum absolute atomic E-state index is 0.0479. The van der Waals surface area contributed by atoms with Crippen molar-refractivity contribution in [2.45, 2.75) is 19.6 Å². The van der Waals surface area contributed by atoms with Crippen LogP contribution in [0.3, 0.4) is 0 Å². The molecule has 0 saturated carbocycles. The van der Waals surface area contributed by atoms with Crippen molar-refractivity contribution in [1.29, 1.82) is 0 Å². The van der Waals surface area contributed by atoms with Gasteiger partial charge >= 0.3 is 12.1 Å². The number of nitrogens with zero attached hydrogens (tertiary/aromatic N) is 2. The zero-order valence-electron chi connectivity index (χ0n) is 8.21. The molecular weight excluding hydrogens is 340 g/mol. The maximum absolute atomic E-state index is 12.1. The molecule has 1 rings (SSSR count). The number of hydrogen-bond donors (Lipinski definition) is 0. The number of ether oxygens (including phenoxy) is 1. The number of rotatable bonds is 3. The average molecular weight is 348 g/mol. The fourth-order valence-electron chi connectivity index (χ4n) is 0.996. The van der Waals surface area contributed by atoms with E-state index in [0.717, 1.165) is 6.20 Å². The molecule has 0 aliphatic carbocycles. The van der Waals surface area contributed by atoms with Gasteiger partial charge < -0.3 is 4.74 Å². The second kappa shape index (κ2) is 5.02. The van der Waals surface area contributed by atoms with Crippen molar-refractivity contribution in [2.75, 3.05) is 6.61 Å². The van der Waals surface area contributed by atoms with Gasteiger partial charge in [-0.05, 0) is 29.5 Å². The Balaban J connectivity index is 2.88. The summed E-state index contributed by atoms with van der Waals surface area (Å²) in [5, 5.41) is 3.49. The number of hydrogen-bond acceptors (Lipinski definition) is 3. The van der Waals surface area contributed by atoms with Crippen LogP contribution in [0.2, 0.25) is 0 Å². The Morgan fingerprint density at radius 3 is 2.75 bits per heavy atom. The molecule has 0 radical (unpaired) electrons. The van der Waals surface area contributed by atoms with Crippen LogP contribution in [-0.2, 0) is 11.3 Å².